The van der Waals surface area contributed by atoms with Gasteiger partial charge in [-0.2, -0.15) is 0 Å². The Bertz CT molecular complexity index is 439. The van der Waals surface area contributed by atoms with Crippen molar-refractivity contribution in [1.82, 2.24) is 0 Å². The topological polar surface area (TPSA) is 24.4 Å². The molecule has 1 aliphatic heterocycles. The molecule has 6 heteroatoms. The van der Waals surface area contributed by atoms with Crippen LogP contribution >= 0.6 is 11.8 Å². The highest BCUT2D eigenvalue weighted by atomic mass is 32.2. The molecule has 0 fully saturated rings. The zero-order valence-electron chi connectivity index (χ0n) is 9.14. The molecule has 1 aliphatic rings. The first kappa shape index (κ1) is 12.3. The highest BCUT2D eigenvalue weighted by Crippen LogP contribution is 2.24. The van der Waals surface area contributed by atoms with Crippen LogP contribution in [0.15, 0.2) is 17.1 Å². The fraction of sp³-hybridized carbons (Fsp3) is 0.364. The van der Waals surface area contributed by atoms with Crippen molar-refractivity contribution < 1.29 is 13.2 Å². The van der Waals surface area contributed by atoms with E-state index in [0.717, 1.165) is 12.2 Å². The van der Waals surface area contributed by atoms with E-state index in [0.29, 0.717) is 17.3 Å². The van der Waals surface area contributed by atoms with Gasteiger partial charge >= 0.3 is 0 Å². The lowest BCUT2D eigenvalue weighted by atomic mass is 10.2. The Kier molecular flexibility index (Phi) is 3.61. The standard InChI is InChI=1S/C11H11F3N2S/c1-6-2-3-17-11(15-6)16-10-8(13)4-7(12)5-9(10)14/h4-6H,2-3H2,1H3,(H,15,16). The molecule has 1 N–H and O–H groups in total. The van der Waals surface area contributed by atoms with E-state index in [1.54, 1.807) is 0 Å². The molecule has 0 saturated heterocycles. The van der Waals surface area contributed by atoms with Crippen molar-refractivity contribution in [3.8, 4) is 0 Å². The minimum Gasteiger partial charge on any atom is -0.330 e. The van der Waals surface area contributed by atoms with Crippen LogP contribution in [0.4, 0.5) is 18.9 Å². The molecular weight excluding hydrogens is 249 g/mol. The van der Waals surface area contributed by atoms with Gasteiger partial charge in [0.05, 0.1) is 6.04 Å². The van der Waals surface area contributed by atoms with Crippen molar-refractivity contribution in [3.05, 3.63) is 29.6 Å². The smallest absolute Gasteiger partial charge is 0.161 e. The second kappa shape index (κ2) is 5.00. The zero-order valence-corrected chi connectivity index (χ0v) is 9.95. The van der Waals surface area contributed by atoms with Gasteiger partial charge in [-0.15, -0.1) is 0 Å². The predicted octanol–water partition coefficient (Wildman–Crippen LogP) is 3.40. The second-order valence-electron chi connectivity index (χ2n) is 3.79. The number of amidine groups is 1. The first-order chi connectivity index (χ1) is 8.06. The highest BCUT2D eigenvalue weighted by Gasteiger charge is 2.16. The number of halogens is 3. The number of anilines is 1. The molecule has 0 saturated carbocycles. The largest absolute Gasteiger partial charge is 0.330 e. The molecule has 0 radical (unpaired) electrons. The summed E-state index contributed by atoms with van der Waals surface area (Å²) in [6, 6.07) is 1.41. The third-order valence-electron chi connectivity index (χ3n) is 2.35. The third-order valence-corrected chi connectivity index (χ3v) is 3.27. The summed E-state index contributed by atoms with van der Waals surface area (Å²) in [5.74, 6) is -2.00. The fourth-order valence-electron chi connectivity index (χ4n) is 1.47. The van der Waals surface area contributed by atoms with Crippen LogP contribution in [0.5, 0.6) is 0 Å². The number of hydrogen-bond donors (Lipinski definition) is 1. The van der Waals surface area contributed by atoms with Gasteiger partial charge < -0.3 is 5.32 Å². The molecule has 92 valence electrons. The lowest BCUT2D eigenvalue weighted by Crippen LogP contribution is -2.19. The van der Waals surface area contributed by atoms with E-state index in [4.69, 9.17) is 0 Å². The van der Waals surface area contributed by atoms with E-state index in [-0.39, 0.29) is 11.7 Å². The van der Waals surface area contributed by atoms with Crippen molar-refractivity contribution in [2.24, 2.45) is 4.99 Å². The van der Waals surface area contributed by atoms with Crippen molar-refractivity contribution in [2.75, 3.05) is 11.1 Å². The van der Waals surface area contributed by atoms with Crippen LogP contribution in [-0.4, -0.2) is 17.0 Å². The normalized spacial score (nSPS) is 20.0. The maximum atomic E-state index is 13.4. The summed E-state index contributed by atoms with van der Waals surface area (Å²) in [6.07, 6.45) is 0.935. The van der Waals surface area contributed by atoms with Gasteiger partial charge in [-0.05, 0) is 13.3 Å². The Morgan fingerprint density at radius 2 is 1.94 bits per heavy atom. The van der Waals surface area contributed by atoms with E-state index < -0.39 is 17.5 Å². The molecule has 1 aromatic rings. The lowest BCUT2D eigenvalue weighted by Gasteiger charge is -2.18. The number of aliphatic imine (C=N–C) groups is 1. The first-order valence-corrected chi connectivity index (χ1v) is 6.17. The Labute approximate surface area is 101 Å². The number of nitrogens with zero attached hydrogens (tertiary/aromatic N) is 1. The van der Waals surface area contributed by atoms with Gasteiger partial charge in [-0.25, -0.2) is 13.2 Å². The van der Waals surface area contributed by atoms with E-state index >= 15 is 0 Å². The minimum atomic E-state index is -0.955. The summed E-state index contributed by atoms with van der Waals surface area (Å²) in [4.78, 5) is 4.22. The van der Waals surface area contributed by atoms with E-state index in [1.807, 2.05) is 6.92 Å². The Balaban J connectivity index is 2.24. The predicted molar refractivity (Wildman–Crippen MR) is 63.9 cm³/mol. The molecule has 17 heavy (non-hydrogen) atoms. The maximum absolute atomic E-state index is 13.4. The van der Waals surface area contributed by atoms with Gasteiger partial charge in [0.1, 0.15) is 11.5 Å². The van der Waals surface area contributed by atoms with Crippen molar-refractivity contribution in [1.29, 1.82) is 0 Å². The zero-order chi connectivity index (χ0) is 12.4. The van der Waals surface area contributed by atoms with Crippen LogP contribution in [0.2, 0.25) is 0 Å². The quantitative estimate of drug-likeness (QED) is 0.837. The molecule has 1 atom stereocenters. The van der Waals surface area contributed by atoms with E-state index in [2.05, 4.69) is 10.3 Å². The summed E-state index contributed by atoms with van der Waals surface area (Å²) in [6.45, 7) is 1.93. The summed E-state index contributed by atoms with van der Waals surface area (Å²) < 4.78 is 39.4. The lowest BCUT2D eigenvalue weighted by molar-refractivity contribution is 0.549. The number of rotatable bonds is 1. The molecule has 0 amide bonds. The average molecular weight is 260 g/mol. The van der Waals surface area contributed by atoms with Crippen LogP contribution in [0.25, 0.3) is 0 Å². The van der Waals surface area contributed by atoms with Crippen LogP contribution in [0, 0.1) is 17.5 Å². The van der Waals surface area contributed by atoms with Gasteiger partial charge in [0, 0.05) is 17.9 Å². The summed E-state index contributed by atoms with van der Waals surface area (Å²) in [7, 11) is 0. The molecular formula is C11H11F3N2S. The van der Waals surface area contributed by atoms with Crippen molar-refractivity contribution in [3.63, 3.8) is 0 Å². The molecule has 1 unspecified atom stereocenters. The molecule has 1 aromatic carbocycles. The highest BCUT2D eigenvalue weighted by molar-refractivity contribution is 8.14. The van der Waals surface area contributed by atoms with Crippen LogP contribution in [-0.2, 0) is 0 Å². The van der Waals surface area contributed by atoms with E-state index in [9.17, 15) is 13.2 Å². The van der Waals surface area contributed by atoms with Gasteiger partial charge in [-0.3, -0.25) is 4.99 Å². The third kappa shape index (κ3) is 2.94. The number of benzene rings is 1. The molecule has 0 spiro atoms. The van der Waals surface area contributed by atoms with Gasteiger partial charge in [-0.1, -0.05) is 11.8 Å². The Morgan fingerprint density at radius 1 is 1.29 bits per heavy atom. The first-order valence-electron chi connectivity index (χ1n) is 5.18. The van der Waals surface area contributed by atoms with Crippen molar-refractivity contribution >= 4 is 22.6 Å². The number of nitrogens with one attached hydrogen (secondary N) is 1. The molecule has 2 rings (SSSR count). The minimum absolute atomic E-state index is 0.130. The second-order valence-corrected chi connectivity index (χ2v) is 4.87. The SMILES string of the molecule is CC1CCSC(Nc2c(F)cc(F)cc2F)=N1. The summed E-state index contributed by atoms with van der Waals surface area (Å²) in [5, 5.41) is 3.04. The maximum Gasteiger partial charge on any atom is 0.161 e. The Morgan fingerprint density at radius 3 is 2.53 bits per heavy atom. The van der Waals surface area contributed by atoms with Gasteiger partial charge in [0.25, 0.3) is 0 Å². The number of hydrogen-bond acceptors (Lipinski definition) is 3. The van der Waals surface area contributed by atoms with Crippen LogP contribution < -0.4 is 5.32 Å². The van der Waals surface area contributed by atoms with Crippen LogP contribution in [0.3, 0.4) is 0 Å². The molecule has 0 aromatic heterocycles. The van der Waals surface area contributed by atoms with Gasteiger partial charge in [0.15, 0.2) is 16.8 Å². The molecule has 0 aliphatic carbocycles. The summed E-state index contributed by atoms with van der Waals surface area (Å²) >= 11 is 1.40. The fourth-order valence-corrected chi connectivity index (χ4v) is 2.55. The van der Waals surface area contributed by atoms with Crippen molar-refractivity contribution in [2.45, 2.75) is 19.4 Å². The Hall–Kier alpha value is -1.17. The van der Waals surface area contributed by atoms with E-state index in [1.165, 1.54) is 11.8 Å². The van der Waals surface area contributed by atoms with Crippen LogP contribution in [0.1, 0.15) is 13.3 Å². The molecule has 0 bridgehead atoms. The monoisotopic (exact) mass is 260 g/mol. The average Bonchev–Trinajstić information content (AvgIpc) is 2.23. The molecule has 1 heterocycles. The number of thioether (sulfide) groups is 1. The summed E-state index contributed by atoms with van der Waals surface area (Å²) in [5.41, 5.74) is -0.355. The van der Waals surface area contributed by atoms with Gasteiger partial charge in [0.2, 0.25) is 0 Å². The molecule has 2 nitrogen and oxygen atoms in total.